The average molecular weight is 578 g/mol. The number of aromatic carboxylic acids is 1. The van der Waals surface area contributed by atoms with Gasteiger partial charge >= 0.3 is 5.97 Å². The number of hydrogen-bond acceptors (Lipinski definition) is 5. The van der Waals surface area contributed by atoms with E-state index in [1.54, 1.807) is 48.5 Å². The van der Waals surface area contributed by atoms with Crippen molar-refractivity contribution in [1.82, 2.24) is 0 Å². The van der Waals surface area contributed by atoms with Gasteiger partial charge in [0.15, 0.2) is 13.2 Å². The Balaban J connectivity index is 1.64. The molecular formula is C23H18Br2N2O6. The van der Waals surface area contributed by atoms with Crippen LogP contribution < -0.4 is 20.1 Å². The smallest absolute Gasteiger partial charge is 0.335 e. The number of rotatable bonds is 9. The Labute approximate surface area is 206 Å². The van der Waals surface area contributed by atoms with Crippen LogP contribution in [0.1, 0.15) is 10.4 Å². The molecule has 0 atom stereocenters. The molecule has 0 saturated carbocycles. The van der Waals surface area contributed by atoms with Crippen molar-refractivity contribution in [3.63, 3.8) is 0 Å². The van der Waals surface area contributed by atoms with Gasteiger partial charge in [-0.25, -0.2) is 4.79 Å². The fourth-order valence-electron chi connectivity index (χ4n) is 2.62. The van der Waals surface area contributed by atoms with Crippen molar-refractivity contribution in [3.05, 3.63) is 81.2 Å². The minimum atomic E-state index is -1.17. The Kier molecular flexibility index (Phi) is 8.45. The number of hydrogen-bond donors (Lipinski definition) is 3. The number of carboxylic acid groups (broad SMARTS) is 1. The van der Waals surface area contributed by atoms with E-state index in [2.05, 4.69) is 42.5 Å². The highest BCUT2D eigenvalue weighted by molar-refractivity contribution is 9.10. The molecule has 3 aromatic carbocycles. The normalized spacial score (nSPS) is 10.2. The van der Waals surface area contributed by atoms with Gasteiger partial charge in [0.25, 0.3) is 11.8 Å². The van der Waals surface area contributed by atoms with Crippen LogP contribution in [0.4, 0.5) is 11.4 Å². The monoisotopic (exact) mass is 576 g/mol. The Morgan fingerprint density at radius 1 is 0.697 bits per heavy atom. The summed E-state index contributed by atoms with van der Waals surface area (Å²) in [6.07, 6.45) is 0. The van der Waals surface area contributed by atoms with Crippen LogP contribution in [0.25, 0.3) is 0 Å². The number of ether oxygens (including phenoxy) is 2. The van der Waals surface area contributed by atoms with E-state index in [0.717, 1.165) is 8.95 Å². The fourth-order valence-corrected chi connectivity index (χ4v) is 3.15. The number of amides is 2. The quantitative estimate of drug-likeness (QED) is 0.332. The van der Waals surface area contributed by atoms with Gasteiger partial charge < -0.3 is 25.2 Å². The summed E-state index contributed by atoms with van der Waals surface area (Å²) >= 11 is 6.63. The van der Waals surface area contributed by atoms with Gasteiger partial charge in [0.05, 0.1) is 16.9 Å². The summed E-state index contributed by atoms with van der Waals surface area (Å²) in [7, 11) is 0. The second-order valence-corrected chi connectivity index (χ2v) is 8.48. The molecule has 2 amide bonds. The lowest BCUT2D eigenvalue weighted by Gasteiger charge is -2.14. The summed E-state index contributed by atoms with van der Waals surface area (Å²) < 4.78 is 12.6. The van der Waals surface area contributed by atoms with E-state index in [0.29, 0.717) is 11.5 Å². The van der Waals surface area contributed by atoms with Crippen LogP contribution in [0.15, 0.2) is 75.7 Å². The third kappa shape index (κ3) is 7.62. The first-order valence-corrected chi connectivity index (χ1v) is 11.1. The summed E-state index contributed by atoms with van der Waals surface area (Å²) in [5.41, 5.74) is 0.293. The van der Waals surface area contributed by atoms with E-state index in [1.165, 1.54) is 18.2 Å². The van der Waals surface area contributed by atoms with Gasteiger partial charge in [0, 0.05) is 8.95 Å². The lowest BCUT2D eigenvalue weighted by atomic mass is 10.1. The maximum Gasteiger partial charge on any atom is 0.335 e. The predicted octanol–water partition coefficient (Wildman–Crippen LogP) is 4.94. The van der Waals surface area contributed by atoms with E-state index in [-0.39, 0.29) is 30.2 Å². The van der Waals surface area contributed by atoms with Gasteiger partial charge in [-0.2, -0.15) is 0 Å². The van der Waals surface area contributed by atoms with Gasteiger partial charge in [-0.15, -0.1) is 0 Å². The van der Waals surface area contributed by atoms with Crippen molar-refractivity contribution >= 4 is 61.0 Å². The molecule has 0 spiro atoms. The van der Waals surface area contributed by atoms with Gasteiger partial charge in [-0.05, 0) is 66.7 Å². The Morgan fingerprint density at radius 2 is 1.15 bits per heavy atom. The van der Waals surface area contributed by atoms with Gasteiger partial charge in [-0.3, -0.25) is 9.59 Å². The lowest BCUT2D eigenvalue weighted by molar-refractivity contribution is -0.119. The van der Waals surface area contributed by atoms with Gasteiger partial charge in [-0.1, -0.05) is 31.9 Å². The van der Waals surface area contributed by atoms with Gasteiger partial charge in [0.2, 0.25) is 0 Å². The minimum absolute atomic E-state index is 0.0526. The maximum absolute atomic E-state index is 12.4. The topological polar surface area (TPSA) is 114 Å². The number of anilines is 2. The van der Waals surface area contributed by atoms with Crippen molar-refractivity contribution in [1.29, 1.82) is 0 Å². The fraction of sp³-hybridized carbons (Fsp3) is 0.0870. The molecule has 0 heterocycles. The van der Waals surface area contributed by atoms with Crippen LogP contribution >= 0.6 is 31.9 Å². The van der Waals surface area contributed by atoms with Crippen LogP contribution in [0.2, 0.25) is 0 Å². The number of halogens is 2. The Morgan fingerprint density at radius 3 is 1.61 bits per heavy atom. The number of benzene rings is 3. The molecule has 10 heteroatoms. The molecule has 0 saturated heterocycles. The summed E-state index contributed by atoms with van der Waals surface area (Å²) in [5, 5.41) is 14.5. The molecule has 0 aliphatic carbocycles. The molecule has 33 heavy (non-hydrogen) atoms. The van der Waals surface area contributed by atoms with E-state index >= 15 is 0 Å². The Bertz CT molecular complexity index is 1150. The highest BCUT2D eigenvalue weighted by atomic mass is 79.9. The average Bonchev–Trinajstić information content (AvgIpc) is 2.79. The van der Waals surface area contributed by atoms with E-state index < -0.39 is 17.8 Å². The zero-order valence-electron chi connectivity index (χ0n) is 17.0. The maximum atomic E-state index is 12.4. The van der Waals surface area contributed by atoms with Gasteiger partial charge in [0.1, 0.15) is 11.5 Å². The molecule has 0 radical (unpaired) electrons. The van der Waals surface area contributed by atoms with Crippen LogP contribution in [-0.4, -0.2) is 36.1 Å². The SMILES string of the molecule is O=C(COc1ccc(Br)cc1)Nc1ccc(C(=O)O)cc1NC(=O)COc1ccc(Br)cc1. The molecule has 0 fully saturated rings. The van der Waals surface area contributed by atoms with Crippen molar-refractivity contribution < 1.29 is 29.0 Å². The third-order valence-corrected chi connectivity index (χ3v) is 5.24. The summed E-state index contributed by atoms with van der Waals surface area (Å²) in [6.45, 7) is -0.582. The van der Waals surface area contributed by atoms with Crippen molar-refractivity contribution in [2.75, 3.05) is 23.8 Å². The molecule has 170 valence electrons. The van der Waals surface area contributed by atoms with Crippen LogP contribution in [0.3, 0.4) is 0 Å². The molecular weight excluding hydrogens is 560 g/mol. The zero-order valence-corrected chi connectivity index (χ0v) is 20.2. The van der Waals surface area contributed by atoms with Crippen LogP contribution in [0, 0.1) is 0 Å². The standard InChI is InChI=1S/C23H18Br2N2O6/c24-15-2-6-17(7-3-15)32-12-21(28)26-19-10-1-14(23(30)31)11-20(19)27-22(29)13-33-18-8-4-16(25)5-9-18/h1-11H,12-13H2,(H,26,28)(H,27,29)(H,30,31). The zero-order chi connectivity index (χ0) is 23.8. The second kappa shape index (κ2) is 11.5. The summed E-state index contributed by atoms with van der Waals surface area (Å²) in [6, 6.07) is 17.9. The number of nitrogens with one attached hydrogen (secondary N) is 2. The first-order valence-electron chi connectivity index (χ1n) is 9.54. The van der Waals surface area contributed by atoms with Crippen LogP contribution in [-0.2, 0) is 9.59 Å². The van der Waals surface area contributed by atoms with Crippen molar-refractivity contribution in [3.8, 4) is 11.5 Å². The predicted molar refractivity (Wildman–Crippen MR) is 130 cm³/mol. The third-order valence-electron chi connectivity index (χ3n) is 4.18. The van der Waals surface area contributed by atoms with E-state index in [1.807, 2.05) is 0 Å². The lowest BCUT2D eigenvalue weighted by Crippen LogP contribution is -2.24. The van der Waals surface area contributed by atoms with Crippen LogP contribution in [0.5, 0.6) is 11.5 Å². The minimum Gasteiger partial charge on any atom is -0.484 e. The van der Waals surface area contributed by atoms with Crippen molar-refractivity contribution in [2.24, 2.45) is 0 Å². The number of carbonyl (C=O) groups is 3. The number of carboxylic acids is 1. The molecule has 8 nitrogen and oxygen atoms in total. The van der Waals surface area contributed by atoms with E-state index in [9.17, 15) is 19.5 Å². The second-order valence-electron chi connectivity index (χ2n) is 6.65. The highest BCUT2D eigenvalue weighted by Crippen LogP contribution is 2.24. The van der Waals surface area contributed by atoms with Crippen molar-refractivity contribution in [2.45, 2.75) is 0 Å². The summed E-state index contributed by atoms with van der Waals surface area (Å²) in [5.74, 6) is -1.18. The first kappa shape index (κ1) is 24.3. The molecule has 3 N–H and O–H groups in total. The molecule has 0 aromatic heterocycles. The molecule has 3 rings (SSSR count). The van der Waals surface area contributed by atoms with E-state index in [4.69, 9.17) is 9.47 Å². The highest BCUT2D eigenvalue weighted by Gasteiger charge is 2.14. The largest absolute Gasteiger partial charge is 0.484 e. The molecule has 3 aromatic rings. The number of carbonyl (C=O) groups excluding carboxylic acids is 2. The Hall–Kier alpha value is -3.37. The first-order chi connectivity index (χ1) is 15.8. The summed E-state index contributed by atoms with van der Waals surface area (Å²) in [4.78, 5) is 36.1. The molecule has 0 aliphatic heterocycles. The molecule has 0 aliphatic rings. The molecule has 0 bridgehead atoms. The molecule has 0 unspecified atom stereocenters.